The van der Waals surface area contributed by atoms with Crippen molar-refractivity contribution in [3.05, 3.63) is 23.8 Å². The Morgan fingerprint density at radius 1 is 1.28 bits per heavy atom. The summed E-state index contributed by atoms with van der Waals surface area (Å²) in [6, 6.07) is 5.21. The van der Waals surface area contributed by atoms with E-state index in [-0.39, 0.29) is 12.7 Å². The number of carbonyl (C=O) groups excluding carboxylic acids is 1. The predicted octanol–water partition coefficient (Wildman–Crippen LogP) is 1.14. The Balaban J connectivity index is 1.82. The van der Waals surface area contributed by atoms with Crippen LogP contribution in [0.1, 0.15) is 23.7 Å². The van der Waals surface area contributed by atoms with Gasteiger partial charge in [0.15, 0.2) is 11.5 Å². The van der Waals surface area contributed by atoms with Crippen molar-refractivity contribution in [1.29, 1.82) is 0 Å². The molecule has 0 aliphatic carbocycles. The van der Waals surface area contributed by atoms with Crippen LogP contribution < -0.4 is 20.1 Å². The van der Waals surface area contributed by atoms with Gasteiger partial charge in [-0.15, -0.1) is 0 Å². The van der Waals surface area contributed by atoms with E-state index in [0.29, 0.717) is 23.6 Å². The number of ether oxygens (including phenoxy) is 2. The number of fused-ring (bicyclic) bond motifs is 1. The molecule has 5 nitrogen and oxygen atoms in total. The summed E-state index contributed by atoms with van der Waals surface area (Å²) in [6.45, 7) is 4.82. The largest absolute Gasteiger partial charge is 0.454 e. The fourth-order valence-electron chi connectivity index (χ4n) is 1.73. The molecule has 5 heteroatoms. The standard InChI is InChI=1S/C13H18N2O3/c1-2-14-6-3-7-15-13(16)10-4-5-11-12(8-10)18-9-17-11/h4-5,8,14H,2-3,6-7,9H2,1H3,(H,15,16). The van der Waals surface area contributed by atoms with E-state index < -0.39 is 0 Å². The first-order valence-corrected chi connectivity index (χ1v) is 6.20. The van der Waals surface area contributed by atoms with Crippen molar-refractivity contribution >= 4 is 5.91 Å². The average molecular weight is 250 g/mol. The molecule has 1 aliphatic heterocycles. The number of benzene rings is 1. The summed E-state index contributed by atoms with van der Waals surface area (Å²) in [5.41, 5.74) is 0.600. The third kappa shape index (κ3) is 3.13. The Morgan fingerprint density at radius 2 is 2.11 bits per heavy atom. The molecular formula is C13H18N2O3. The Morgan fingerprint density at radius 3 is 2.94 bits per heavy atom. The number of carbonyl (C=O) groups is 1. The lowest BCUT2D eigenvalue weighted by molar-refractivity contribution is 0.0953. The van der Waals surface area contributed by atoms with Crippen LogP contribution in [0.5, 0.6) is 11.5 Å². The molecule has 0 saturated heterocycles. The highest BCUT2D eigenvalue weighted by Crippen LogP contribution is 2.32. The van der Waals surface area contributed by atoms with Crippen LogP contribution in [0.3, 0.4) is 0 Å². The number of rotatable bonds is 6. The van der Waals surface area contributed by atoms with Gasteiger partial charge in [0.1, 0.15) is 0 Å². The summed E-state index contributed by atoms with van der Waals surface area (Å²) in [7, 11) is 0. The minimum atomic E-state index is -0.0789. The molecule has 0 atom stereocenters. The topological polar surface area (TPSA) is 59.6 Å². The van der Waals surface area contributed by atoms with Crippen molar-refractivity contribution in [2.45, 2.75) is 13.3 Å². The van der Waals surface area contributed by atoms with Crippen LogP contribution in [-0.4, -0.2) is 32.3 Å². The highest BCUT2D eigenvalue weighted by atomic mass is 16.7. The maximum Gasteiger partial charge on any atom is 0.251 e. The van der Waals surface area contributed by atoms with E-state index in [2.05, 4.69) is 17.6 Å². The number of amides is 1. The van der Waals surface area contributed by atoms with Gasteiger partial charge in [-0.3, -0.25) is 4.79 Å². The summed E-state index contributed by atoms with van der Waals surface area (Å²) in [6.07, 6.45) is 0.921. The smallest absolute Gasteiger partial charge is 0.251 e. The zero-order valence-corrected chi connectivity index (χ0v) is 10.5. The van der Waals surface area contributed by atoms with Gasteiger partial charge in [0.05, 0.1) is 0 Å². The predicted molar refractivity (Wildman–Crippen MR) is 68.1 cm³/mol. The average Bonchev–Trinajstić information content (AvgIpc) is 2.85. The first kappa shape index (κ1) is 12.7. The fourth-order valence-corrected chi connectivity index (χ4v) is 1.73. The van der Waals surface area contributed by atoms with Crippen LogP contribution in [0.25, 0.3) is 0 Å². The molecule has 0 spiro atoms. The lowest BCUT2D eigenvalue weighted by atomic mass is 10.2. The van der Waals surface area contributed by atoms with Crippen molar-refractivity contribution < 1.29 is 14.3 Å². The summed E-state index contributed by atoms with van der Waals surface area (Å²) in [4.78, 5) is 11.8. The van der Waals surface area contributed by atoms with Gasteiger partial charge >= 0.3 is 0 Å². The van der Waals surface area contributed by atoms with E-state index in [0.717, 1.165) is 19.5 Å². The Hall–Kier alpha value is -1.75. The molecule has 98 valence electrons. The summed E-state index contributed by atoms with van der Waals surface area (Å²) in [5, 5.41) is 6.08. The van der Waals surface area contributed by atoms with Gasteiger partial charge in [0.25, 0.3) is 5.91 Å². The van der Waals surface area contributed by atoms with Crippen LogP contribution in [0, 0.1) is 0 Å². The van der Waals surface area contributed by atoms with E-state index >= 15 is 0 Å². The van der Waals surface area contributed by atoms with Crippen molar-refractivity contribution in [1.82, 2.24) is 10.6 Å². The van der Waals surface area contributed by atoms with Crippen LogP contribution in [0.2, 0.25) is 0 Å². The maximum absolute atomic E-state index is 11.8. The normalized spacial score (nSPS) is 12.5. The van der Waals surface area contributed by atoms with Gasteiger partial charge in [-0.1, -0.05) is 6.92 Å². The molecule has 1 aromatic rings. The first-order valence-electron chi connectivity index (χ1n) is 6.20. The highest BCUT2D eigenvalue weighted by Gasteiger charge is 2.15. The minimum Gasteiger partial charge on any atom is -0.454 e. The molecule has 0 saturated carbocycles. The highest BCUT2D eigenvalue weighted by molar-refractivity contribution is 5.94. The summed E-state index contributed by atoms with van der Waals surface area (Å²) in [5.74, 6) is 1.25. The van der Waals surface area contributed by atoms with E-state index in [1.807, 2.05) is 0 Å². The molecular weight excluding hydrogens is 232 g/mol. The molecule has 0 aromatic heterocycles. The van der Waals surface area contributed by atoms with Crippen LogP contribution >= 0.6 is 0 Å². The van der Waals surface area contributed by atoms with Gasteiger partial charge in [0, 0.05) is 12.1 Å². The zero-order chi connectivity index (χ0) is 12.8. The van der Waals surface area contributed by atoms with Crippen LogP contribution in [0.15, 0.2) is 18.2 Å². The summed E-state index contributed by atoms with van der Waals surface area (Å²) >= 11 is 0. The third-order valence-corrected chi connectivity index (χ3v) is 2.70. The molecule has 1 amide bonds. The molecule has 2 rings (SSSR count). The maximum atomic E-state index is 11.8. The van der Waals surface area contributed by atoms with E-state index in [4.69, 9.17) is 9.47 Å². The number of hydrogen-bond acceptors (Lipinski definition) is 4. The lowest BCUT2D eigenvalue weighted by Gasteiger charge is -2.06. The summed E-state index contributed by atoms with van der Waals surface area (Å²) < 4.78 is 10.4. The quantitative estimate of drug-likeness (QED) is 0.743. The molecule has 1 heterocycles. The first-order chi connectivity index (χ1) is 8.81. The molecule has 0 radical (unpaired) electrons. The van der Waals surface area contributed by atoms with Crippen molar-refractivity contribution in [2.75, 3.05) is 26.4 Å². The SMILES string of the molecule is CCNCCCNC(=O)c1ccc2c(c1)OCO2. The van der Waals surface area contributed by atoms with Crippen molar-refractivity contribution in [3.63, 3.8) is 0 Å². The third-order valence-electron chi connectivity index (χ3n) is 2.70. The monoisotopic (exact) mass is 250 g/mol. The molecule has 2 N–H and O–H groups in total. The van der Waals surface area contributed by atoms with Gasteiger partial charge in [0.2, 0.25) is 6.79 Å². The van der Waals surface area contributed by atoms with E-state index in [1.54, 1.807) is 18.2 Å². The van der Waals surface area contributed by atoms with Crippen molar-refractivity contribution in [3.8, 4) is 11.5 Å². The van der Waals surface area contributed by atoms with E-state index in [1.165, 1.54) is 0 Å². The zero-order valence-electron chi connectivity index (χ0n) is 10.5. The molecule has 1 aliphatic rings. The van der Waals surface area contributed by atoms with Gasteiger partial charge < -0.3 is 20.1 Å². The fraction of sp³-hybridized carbons (Fsp3) is 0.462. The Kier molecular flexibility index (Phi) is 4.41. The second-order valence-electron chi connectivity index (χ2n) is 4.03. The van der Waals surface area contributed by atoms with Gasteiger partial charge in [-0.05, 0) is 37.7 Å². The van der Waals surface area contributed by atoms with E-state index in [9.17, 15) is 4.79 Å². The van der Waals surface area contributed by atoms with Crippen LogP contribution in [0.4, 0.5) is 0 Å². The number of nitrogens with one attached hydrogen (secondary N) is 2. The van der Waals surface area contributed by atoms with Crippen LogP contribution in [-0.2, 0) is 0 Å². The minimum absolute atomic E-state index is 0.0789. The molecule has 1 aromatic carbocycles. The molecule has 0 bridgehead atoms. The van der Waals surface area contributed by atoms with Crippen molar-refractivity contribution in [2.24, 2.45) is 0 Å². The second-order valence-corrected chi connectivity index (χ2v) is 4.03. The molecule has 18 heavy (non-hydrogen) atoms. The second kappa shape index (κ2) is 6.26. The molecule has 0 unspecified atom stereocenters. The Bertz CT molecular complexity index is 421. The van der Waals surface area contributed by atoms with Gasteiger partial charge in [-0.25, -0.2) is 0 Å². The molecule has 0 fully saturated rings. The lowest BCUT2D eigenvalue weighted by Crippen LogP contribution is -2.27. The van der Waals surface area contributed by atoms with Gasteiger partial charge in [-0.2, -0.15) is 0 Å². The Labute approximate surface area is 106 Å². The number of hydrogen-bond donors (Lipinski definition) is 2.